The fraction of sp³-hybridized carbons (Fsp3) is 0.0667. The van der Waals surface area contributed by atoms with Crippen LogP contribution in [0.15, 0.2) is 59.0 Å². The summed E-state index contributed by atoms with van der Waals surface area (Å²) in [6.07, 6.45) is -4.36. The summed E-state index contributed by atoms with van der Waals surface area (Å²) in [5.74, 6) is 0.329. The van der Waals surface area contributed by atoms with Crippen LogP contribution in [0.5, 0.6) is 0 Å². The van der Waals surface area contributed by atoms with E-state index >= 15 is 0 Å². The third-order valence-electron chi connectivity index (χ3n) is 2.91. The molecule has 3 rings (SSSR count). The summed E-state index contributed by atoms with van der Waals surface area (Å²) in [6.45, 7) is 0. The zero-order valence-corrected chi connectivity index (χ0v) is 11.1. The van der Waals surface area contributed by atoms with E-state index in [2.05, 4.69) is 15.5 Å². The van der Waals surface area contributed by atoms with Crippen LogP contribution in [0.4, 0.5) is 24.9 Å². The van der Waals surface area contributed by atoms with Crippen molar-refractivity contribution in [2.75, 3.05) is 5.32 Å². The van der Waals surface area contributed by atoms with Crippen LogP contribution >= 0.6 is 0 Å². The van der Waals surface area contributed by atoms with Gasteiger partial charge in [-0.15, -0.1) is 5.10 Å². The minimum atomic E-state index is -4.36. The van der Waals surface area contributed by atoms with Crippen LogP contribution < -0.4 is 5.32 Å². The maximum atomic E-state index is 12.5. The highest BCUT2D eigenvalue weighted by Gasteiger charge is 2.29. The van der Waals surface area contributed by atoms with E-state index in [-0.39, 0.29) is 6.01 Å². The Morgan fingerprint density at radius 3 is 2.18 bits per heavy atom. The Labute approximate surface area is 123 Å². The molecule has 0 radical (unpaired) electrons. The number of alkyl halides is 3. The first-order valence-electron chi connectivity index (χ1n) is 6.35. The Balaban J connectivity index is 1.76. The van der Waals surface area contributed by atoms with Crippen molar-refractivity contribution in [2.45, 2.75) is 6.18 Å². The Kier molecular flexibility index (Phi) is 3.54. The largest absolute Gasteiger partial charge is 0.416 e. The zero-order chi connectivity index (χ0) is 15.6. The van der Waals surface area contributed by atoms with Crippen molar-refractivity contribution in [3.63, 3.8) is 0 Å². The minimum absolute atomic E-state index is 0.110. The second-order valence-corrected chi connectivity index (χ2v) is 4.48. The third-order valence-corrected chi connectivity index (χ3v) is 2.91. The SMILES string of the molecule is FC(F)(F)c1ccc(Nc2nnc(-c3ccccc3)o2)cc1. The van der Waals surface area contributed by atoms with Gasteiger partial charge in [0.2, 0.25) is 5.89 Å². The molecule has 0 fully saturated rings. The molecule has 22 heavy (non-hydrogen) atoms. The minimum Gasteiger partial charge on any atom is -0.403 e. The topological polar surface area (TPSA) is 51.0 Å². The monoisotopic (exact) mass is 305 g/mol. The van der Waals surface area contributed by atoms with Gasteiger partial charge in [-0.25, -0.2) is 0 Å². The summed E-state index contributed by atoms with van der Waals surface area (Å²) in [7, 11) is 0. The van der Waals surface area contributed by atoms with E-state index in [1.165, 1.54) is 12.1 Å². The number of hydrogen-bond donors (Lipinski definition) is 1. The van der Waals surface area contributed by atoms with Gasteiger partial charge in [0.05, 0.1) is 5.56 Å². The lowest BCUT2D eigenvalue weighted by atomic mass is 10.2. The van der Waals surface area contributed by atoms with E-state index in [4.69, 9.17) is 4.42 Å². The molecule has 0 atom stereocenters. The quantitative estimate of drug-likeness (QED) is 0.774. The van der Waals surface area contributed by atoms with Gasteiger partial charge in [-0.3, -0.25) is 0 Å². The molecule has 0 saturated carbocycles. The number of benzene rings is 2. The van der Waals surface area contributed by atoms with Crippen LogP contribution in [0.1, 0.15) is 5.56 Å². The predicted molar refractivity (Wildman–Crippen MR) is 74.5 cm³/mol. The van der Waals surface area contributed by atoms with Crippen molar-refractivity contribution in [3.05, 3.63) is 60.2 Å². The molecule has 4 nitrogen and oxygen atoms in total. The second-order valence-electron chi connectivity index (χ2n) is 4.48. The summed E-state index contributed by atoms with van der Waals surface area (Å²) in [6, 6.07) is 13.8. The molecule has 3 aromatic rings. The Morgan fingerprint density at radius 2 is 1.55 bits per heavy atom. The number of anilines is 2. The lowest BCUT2D eigenvalue weighted by molar-refractivity contribution is -0.137. The van der Waals surface area contributed by atoms with E-state index in [0.29, 0.717) is 11.6 Å². The average molecular weight is 305 g/mol. The van der Waals surface area contributed by atoms with Gasteiger partial charge in [-0.2, -0.15) is 13.2 Å². The third kappa shape index (κ3) is 3.08. The molecule has 0 aliphatic heterocycles. The van der Waals surface area contributed by atoms with E-state index < -0.39 is 11.7 Å². The fourth-order valence-corrected chi connectivity index (χ4v) is 1.84. The molecule has 0 aliphatic rings. The summed E-state index contributed by atoms with van der Waals surface area (Å²) >= 11 is 0. The van der Waals surface area contributed by atoms with Crippen molar-refractivity contribution in [2.24, 2.45) is 0 Å². The molecular formula is C15H10F3N3O. The molecule has 1 N–H and O–H groups in total. The van der Waals surface area contributed by atoms with Gasteiger partial charge in [0.1, 0.15) is 0 Å². The Morgan fingerprint density at radius 1 is 0.864 bits per heavy atom. The number of nitrogens with zero attached hydrogens (tertiary/aromatic N) is 2. The summed E-state index contributed by atoms with van der Waals surface area (Å²) in [4.78, 5) is 0. The standard InChI is InChI=1S/C15H10F3N3O/c16-15(17,18)11-6-8-12(9-7-11)19-14-21-20-13(22-14)10-4-2-1-3-5-10/h1-9H,(H,19,21). The number of nitrogens with one attached hydrogen (secondary N) is 1. The molecule has 0 saturated heterocycles. The molecule has 0 spiro atoms. The smallest absolute Gasteiger partial charge is 0.403 e. The Bertz CT molecular complexity index is 752. The lowest BCUT2D eigenvalue weighted by Gasteiger charge is -2.07. The molecule has 0 unspecified atom stereocenters. The first-order chi connectivity index (χ1) is 10.5. The molecule has 0 amide bonds. The zero-order valence-electron chi connectivity index (χ0n) is 11.1. The first kappa shape index (κ1) is 14.1. The average Bonchev–Trinajstić information content (AvgIpc) is 2.96. The predicted octanol–water partition coefficient (Wildman–Crippen LogP) is 4.50. The molecular weight excluding hydrogens is 295 g/mol. The maximum Gasteiger partial charge on any atom is 0.416 e. The maximum absolute atomic E-state index is 12.5. The Hall–Kier alpha value is -2.83. The van der Waals surface area contributed by atoms with Gasteiger partial charge in [-0.1, -0.05) is 23.3 Å². The fourth-order valence-electron chi connectivity index (χ4n) is 1.84. The van der Waals surface area contributed by atoms with Crippen LogP contribution in [0.3, 0.4) is 0 Å². The van der Waals surface area contributed by atoms with Gasteiger partial charge >= 0.3 is 12.2 Å². The normalized spacial score (nSPS) is 11.4. The molecule has 2 aromatic carbocycles. The van der Waals surface area contributed by atoms with Gasteiger partial charge in [-0.05, 0) is 36.4 Å². The summed E-state index contributed by atoms with van der Waals surface area (Å²) < 4.78 is 42.8. The van der Waals surface area contributed by atoms with E-state index in [1.807, 2.05) is 30.3 Å². The van der Waals surface area contributed by atoms with Crippen molar-refractivity contribution in [1.82, 2.24) is 10.2 Å². The highest BCUT2D eigenvalue weighted by Crippen LogP contribution is 2.30. The molecule has 112 valence electrons. The number of halogens is 3. The van der Waals surface area contributed by atoms with Crippen LogP contribution in [-0.4, -0.2) is 10.2 Å². The number of rotatable bonds is 3. The van der Waals surface area contributed by atoms with Crippen LogP contribution in [0, 0.1) is 0 Å². The van der Waals surface area contributed by atoms with Crippen molar-refractivity contribution in [3.8, 4) is 11.5 Å². The van der Waals surface area contributed by atoms with Gasteiger partial charge in [0.25, 0.3) is 0 Å². The number of aromatic nitrogens is 2. The van der Waals surface area contributed by atoms with Crippen LogP contribution in [0.25, 0.3) is 11.5 Å². The van der Waals surface area contributed by atoms with Gasteiger partial charge < -0.3 is 9.73 Å². The summed E-state index contributed by atoms with van der Waals surface area (Å²) in [5, 5.41) is 10.5. The van der Waals surface area contributed by atoms with Gasteiger partial charge in [0.15, 0.2) is 0 Å². The van der Waals surface area contributed by atoms with Crippen molar-refractivity contribution < 1.29 is 17.6 Å². The van der Waals surface area contributed by atoms with E-state index in [1.54, 1.807) is 0 Å². The first-order valence-corrected chi connectivity index (χ1v) is 6.35. The molecule has 7 heteroatoms. The highest BCUT2D eigenvalue weighted by molar-refractivity contribution is 5.56. The molecule has 0 aliphatic carbocycles. The highest BCUT2D eigenvalue weighted by atomic mass is 19.4. The second kappa shape index (κ2) is 5.51. The molecule has 1 heterocycles. The van der Waals surface area contributed by atoms with Crippen LogP contribution in [0.2, 0.25) is 0 Å². The van der Waals surface area contributed by atoms with E-state index in [0.717, 1.165) is 17.7 Å². The lowest BCUT2D eigenvalue weighted by Crippen LogP contribution is -2.04. The molecule has 0 bridgehead atoms. The van der Waals surface area contributed by atoms with Gasteiger partial charge in [0, 0.05) is 11.3 Å². The van der Waals surface area contributed by atoms with Crippen LogP contribution in [-0.2, 0) is 6.18 Å². The summed E-state index contributed by atoms with van der Waals surface area (Å²) in [5.41, 5.74) is 0.472. The van der Waals surface area contributed by atoms with E-state index in [9.17, 15) is 13.2 Å². The molecule has 1 aromatic heterocycles. The van der Waals surface area contributed by atoms with Crippen molar-refractivity contribution >= 4 is 11.7 Å². The number of hydrogen-bond acceptors (Lipinski definition) is 4. The van der Waals surface area contributed by atoms with Crippen molar-refractivity contribution in [1.29, 1.82) is 0 Å².